The van der Waals surface area contributed by atoms with Gasteiger partial charge >= 0.3 is 5.97 Å². The number of imidazole rings is 1. The fourth-order valence-electron chi connectivity index (χ4n) is 4.43. The highest BCUT2D eigenvalue weighted by atomic mass is 32.2. The third-order valence-electron chi connectivity index (χ3n) is 6.59. The van der Waals surface area contributed by atoms with Crippen LogP contribution in [0.2, 0.25) is 0 Å². The molecule has 0 unspecified atom stereocenters. The van der Waals surface area contributed by atoms with E-state index in [1.807, 2.05) is 6.07 Å². The number of nitrogens with zero attached hydrogens (tertiary/aromatic N) is 6. The van der Waals surface area contributed by atoms with Crippen molar-refractivity contribution in [3.8, 4) is 0 Å². The van der Waals surface area contributed by atoms with Crippen LogP contribution in [-0.4, -0.2) is 104 Å². The number of pyridine rings is 1. The van der Waals surface area contributed by atoms with Gasteiger partial charge in [-0.25, -0.2) is 9.78 Å². The number of carbonyl (C=O) groups is 4. The van der Waals surface area contributed by atoms with Crippen LogP contribution in [0.25, 0.3) is 0 Å². The Kier molecular flexibility index (Phi) is 10.8. The van der Waals surface area contributed by atoms with Crippen molar-refractivity contribution in [1.29, 1.82) is 0 Å². The molecule has 1 saturated heterocycles. The Balaban J connectivity index is 1.17. The van der Waals surface area contributed by atoms with Crippen LogP contribution in [0, 0.1) is 0 Å². The van der Waals surface area contributed by atoms with Gasteiger partial charge < -0.3 is 37.4 Å². The molecule has 17 nitrogen and oxygen atoms in total. The van der Waals surface area contributed by atoms with Gasteiger partial charge in [0, 0.05) is 69.6 Å². The van der Waals surface area contributed by atoms with Gasteiger partial charge in [-0.05, 0) is 12.1 Å². The molecule has 0 radical (unpaired) electrons. The summed E-state index contributed by atoms with van der Waals surface area (Å²) in [6.07, 6.45) is 5.13. The maximum atomic E-state index is 13.1. The fourth-order valence-corrected chi connectivity index (χ4v) is 8.34. The van der Waals surface area contributed by atoms with Crippen molar-refractivity contribution < 1.29 is 29.5 Å². The average molecular weight is 706 g/mol. The van der Waals surface area contributed by atoms with Crippen LogP contribution in [0.5, 0.6) is 0 Å². The van der Waals surface area contributed by atoms with Crippen LogP contribution >= 0.6 is 46.8 Å². The van der Waals surface area contributed by atoms with Gasteiger partial charge in [-0.1, -0.05) is 16.9 Å². The Morgan fingerprint density at radius 3 is 2.85 bits per heavy atom. The number of aromatic nitrogens is 5. The Bertz CT molecular complexity index is 1680. The van der Waals surface area contributed by atoms with Crippen LogP contribution in [-0.2, 0) is 31.4 Å². The van der Waals surface area contributed by atoms with Gasteiger partial charge in [0.1, 0.15) is 17.1 Å². The molecule has 2 aliphatic heterocycles. The number of fused-ring (bicyclic) bond motifs is 1. The predicted octanol–water partition coefficient (Wildman–Crippen LogP) is -0.175. The molecule has 21 heteroatoms. The maximum Gasteiger partial charge on any atom is 0.353 e. The quantitative estimate of drug-likeness (QED) is 0.0377. The second kappa shape index (κ2) is 14.9. The number of hydrogen-bond acceptors (Lipinski definition) is 16. The Hall–Kier alpha value is -4.18. The minimum absolute atomic E-state index is 0.0565. The van der Waals surface area contributed by atoms with Crippen LogP contribution in [0.1, 0.15) is 17.2 Å². The minimum atomic E-state index is -1.29. The number of nitrogens with two attached hydrogens (primary N) is 2. The molecule has 46 heavy (non-hydrogen) atoms. The summed E-state index contributed by atoms with van der Waals surface area (Å²) in [6, 6.07) is 1.80. The van der Waals surface area contributed by atoms with Gasteiger partial charge in [-0.2, -0.15) is 21.1 Å². The second-order valence-corrected chi connectivity index (χ2v) is 13.8. The zero-order valence-electron chi connectivity index (χ0n) is 23.7. The van der Waals surface area contributed by atoms with Crippen molar-refractivity contribution in [1.82, 2.24) is 39.8 Å². The first-order valence-electron chi connectivity index (χ1n) is 13.4. The van der Waals surface area contributed by atoms with Gasteiger partial charge in [0.05, 0.1) is 18.1 Å². The summed E-state index contributed by atoms with van der Waals surface area (Å²) < 4.78 is 3.84. The number of carboxylic acid groups (broad SMARTS) is 1. The highest BCUT2D eigenvalue weighted by Crippen LogP contribution is 2.45. The summed E-state index contributed by atoms with van der Waals surface area (Å²) in [5.41, 5.74) is 12.3. The lowest BCUT2D eigenvalue weighted by Crippen LogP contribution is -2.71. The number of anilines is 1. The molecule has 5 rings (SSSR count). The minimum Gasteiger partial charge on any atom is -0.477 e. The van der Waals surface area contributed by atoms with E-state index >= 15 is 0 Å². The molecule has 3 atom stereocenters. The summed E-state index contributed by atoms with van der Waals surface area (Å²) in [5.74, 6) is -1.95. The topological polar surface area (TPSA) is 268 Å². The number of aromatic amines is 1. The highest BCUT2D eigenvalue weighted by molar-refractivity contribution is 8.06. The molecule has 0 aromatic carbocycles. The zero-order valence-corrected chi connectivity index (χ0v) is 26.9. The van der Waals surface area contributed by atoms with Crippen LogP contribution in [0.3, 0.4) is 0 Å². The molecule has 5 heterocycles. The van der Waals surface area contributed by atoms with E-state index < -0.39 is 41.0 Å². The highest BCUT2D eigenvalue weighted by Gasteiger charge is 2.54. The van der Waals surface area contributed by atoms with E-state index in [-0.39, 0.29) is 28.3 Å². The molecule has 3 aromatic rings. The molecule has 0 bridgehead atoms. The molecule has 0 saturated carbocycles. The number of aliphatic carboxylic acids is 1. The number of carbonyl (C=O) groups excluding carboxylic acids is 3. The summed E-state index contributed by atoms with van der Waals surface area (Å²) in [7, 11) is 0. The molecule has 242 valence electrons. The fraction of sp³-hybridized carbons (Fsp3) is 0.320. The predicted molar refractivity (Wildman–Crippen MR) is 172 cm³/mol. The summed E-state index contributed by atoms with van der Waals surface area (Å²) >= 11 is 4.84. The number of rotatable bonds is 14. The van der Waals surface area contributed by atoms with Crippen molar-refractivity contribution in [2.24, 2.45) is 10.9 Å². The Labute approximate surface area is 277 Å². The Morgan fingerprint density at radius 1 is 1.33 bits per heavy atom. The van der Waals surface area contributed by atoms with Gasteiger partial charge in [-0.3, -0.25) is 24.3 Å². The molecule has 0 aliphatic carbocycles. The number of nitrogens with one attached hydrogen (secondary N) is 3. The van der Waals surface area contributed by atoms with E-state index in [4.69, 9.17) is 11.5 Å². The van der Waals surface area contributed by atoms with E-state index in [0.717, 1.165) is 32.7 Å². The van der Waals surface area contributed by atoms with Gasteiger partial charge in [0.15, 0.2) is 5.13 Å². The van der Waals surface area contributed by atoms with Crippen LogP contribution in [0.4, 0.5) is 5.13 Å². The molecule has 9 N–H and O–H groups in total. The number of thioether (sulfide) groups is 3. The number of nitrogen functional groups attached to an aromatic ring is 1. The van der Waals surface area contributed by atoms with Gasteiger partial charge in [-0.15, -0.1) is 11.8 Å². The smallest absolute Gasteiger partial charge is 0.353 e. The molecular weight excluding hydrogens is 679 g/mol. The lowest BCUT2D eigenvalue weighted by atomic mass is 10.0. The van der Waals surface area contributed by atoms with Crippen molar-refractivity contribution in [2.75, 3.05) is 23.8 Å². The third kappa shape index (κ3) is 7.44. The molecule has 1 fully saturated rings. The van der Waals surface area contributed by atoms with Crippen molar-refractivity contribution in [3.05, 3.63) is 58.7 Å². The number of amides is 3. The number of oxime groups is 1. The third-order valence-corrected chi connectivity index (χ3v) is 10.7. The van der Waals surface area contributed by atoms with E-state index in [1.165, 1.54) is 41.6 Å². The first kappa shape index (κ1) is 33.2. The first-order valence-corrected chi connectivity index (χ1v) is 17.2. The molecule has 3 amide bonds. The van der Waals surface area contributed by atoms with Crippen molar-refractivity contribution in [2.45, 2.75) is 34.5 Å². The number of β-lactam (4-membered cyclic amide) rings is 1. The number of hydrogen-bond donors (Lipinski definition) is 7. The van der Waals surface area contributed by atoms with Gasteiger partial charge in [0.25, 0.3) is 11.8 Å². The summed E-state index contributed by atoms with van der Waals surface area (Å²) in [6.45, 7) is 0.399. The van der Waals surface area contributed by atoms with Crippen LogP contribution in [0.15, 0.2) is 51.5 Å². The van der Waals surface area contributed by atoms with Crippen LogP contribution < -0.4 is 22.1 Å². The molecule has 0 spiro atoms. The second-order valence-electron chi connectivity index (χ2n) is 9.62. The zero-order chi connectivity index (χ0) is 32.8. The molecule has 2 aliphatic rings. The summed E-state index contributed by atoms with van der Waals surface area (Å²) in [5, 5.41) is 27.0. The van der Waals surface area contributed by atoms with E-state index in [9.17, 15) is 29.5 Å². The maximum absolute atomic E-state index is 13.1. The van der Waals surface area contributed by atoms with Crippen molar-refractivity contribution >= 4 is 81.4 Å². The average Bonchev–Trinajstić information content (AvgIpc) is 3.72. The number of carboxylic acids is 1. The normalized spacial score (nSPS) is 18.5. The monoisotopic (exact) mass is 705 g/mol. The lowest BCUT2D eigenvalue weighted by molar-refractivity contribution is -0.150. The van der Waals surface area contributed by atoms with E-state index in [0.29, 0.717) is 29.4 Å². The lowest BCUT2D eigenvalue weighted by Gasteiger charge is -2.49. The van der Waals surface area contributed by atoms with Crippen molar-refractivity contribution in [3.63, 3.8) is 0 Å². The van der Waals surface area contributed by atoms with Gasteiger partial charge in [0.2, 0.25) is 17.4 Å². The van der Waals surface area contributed by atoms with E-state index in [1.54, 1.807) is 18.5 Å². The Morgan fingerprint density at radius 2 is 2.15 bits per heavy atom. The molecule has 3 aromatic heterocycles. The standard InChI is InChI=1S/C25H27N11O6S4/c26-12(6-11-7-28-10-31-11)20(37)30-4-5-43-8-13-14(2-1-3-29-13)45-15-9-44-23-17(22(39)36(23)18(15)24(40)41)32-21(38)16(34-42)19-33-25(27)46-35-19/h1-3,7,10,12,17,23,42H,4-6,8-9,26H2,(H,28,31)(H,30,37)(H,32,38)(H,40,41)(H2,27,33,35)/b34-16-/t12-,17+,23-/m0/s1. The van der Waals surface area contributed by atoms with E-state index in [2.05, 4.69) is 40.1 Å². The first-order chi connectivity index (χ1) is 22.2. The summed E-state index contributed by atoms with van der Waals surface area (Å²) in [4.78, 5) is 68.0. The number of H-pyrrole nitrogens is 1. The molecular formula is C25H27N11O6S4. The SMILES string of the molecule is Nc1nc(/C(=N/O)C(=O)N[C@@H]2C(=O)N3C(C(=O)O)=C(Sc4cccnc4CSCCNC(=O)[C@@H](N)Cc4cnc[nH]4)CS[C@@H]23)ns1. The largest absolute Gasteiger partial charge is 0.477 e.